The van der Waals surface area contributed by atoms with Crippen LogP contribution in [-0.2, 0) is 16.8 Å². The Labute approximate surface area is 160 Å². The predicted molar refractivity (Wildman–Crippen MR) is 102 cm³/mol. The molecule has 3 atom stereocenters. The first-order chi connectivity index (χ1) is 13.0. The molecule has 2 fully saturated rings. The predicted octanol–water partition coefficient (Wildman–Crippen LogP) is 3.51. The van der Waals surface area contributed by atoms with Crippen LogP contribution in [0.15, 0.2) is 34.9 Å². The quantitative estimate of drug-likeness (QED) is 0.900. The van der Waals surface area contributed by atoms with Gasteiger partial charge in [-0.1, -0.05) is 48.3 Å². The number of hydrogen-bond donors (Lipinski definition) is 1. The van der Waals surface area contributed by atoms with Gasteiger partial charge in [-0.2, -0.15) is 0 Å². The second kappa shape index (κ2) is 7.12. The minimum Gasteiger partial charge on any atom is -0.385 e. The van der Waals surface area contributed by atoms with Crippen molar-refractivity contribution in [3.8, 4) is 0 Å². The number of carbonyl (C=O) groups excluding carboxylic acids is 1. The lowest BCUT2D eigenvalue weighted by molar-refractivity contribution is -0.154. The maximum Gasteiger partial charge on any atom is 0.227 e. The van der Waals surface area contributed by atoms with Gasteiger partial charge in [-0.3, -0.25) is 4.79 Å². The molecule has 5 nitrogen and oxygen atoms in total. The molecule has 1 aromatic heterocycles. The Hall–Kier alpha value is -2.14. The third kappa shape index (κ3) is 3.18. The number of nitrogens with zero attached hydrogens (tertiary/aromatic N) is 2. The lowest BCUT2D eigenvalue weighted by Gasteiger charge is -2.52. The zero-order chi connectivity index (χ0) is 19.0. The normalized spacial score (nSPS) is 28.0. The first-order valence-corrected chi connectivity index (χ1v) is 10.00. The Bertz CT molecular complexity index is 797. The van der Waals surface area contributed by atoms with Crippen molar-refractivity contribution in [1.82, 2.24) is 10.1 Å². The lowest BCUT2D eigenvalue weighted by atomic mass is 9.66. The van der Waals surface area contributed by atoms with Gasteiger partial charge in [0, 0.05) is 24.1 Å². The summed E-state index contributed by atoms with van der Waals surface area (Å²) in [4.78, 5) is 15.2. The second-order valence-electron chi connectivity index (χ2n) is 8.07. The smallest absolute Gasteiger partial charge is 0.227 e. The Kier molecular flexibility index (Phi) is 4.81. The third-order valence-electron chi connectivity index (χ3n) is 6.58. The summed E-state index contributed by atoms with van der Waals surface area (Å²) < 4.78 is 5.22. The van der Waals surface area contributed by atoms with Crippen molar-refractivity contribution < 1.29 is 14.4 Å². The fourth-order valence-electron chi connectivity index (χ4n) is 5.09. The Balaban J connectivity index is 1.59. The average molecular weight is 368 g/mol. The molecule has 144 valence electrons. The molecule has 2 aromatic rings. The minimum atomic E-state index is -0.841. The number of piperidine rings is 1. The zero-order valence-corrected chi connectivity index (χ0v) is 16.1. The van der Waals surface area contributed by atoms with Gasteiger partial charge < -0.3 is 14.5 Å². The van der Waals surface area contributed by atoms with Gasteiger partial charge in [0.15, 0.2) is 0 Å². The molecule has 0 bridgehead atoms. The van der Waals surface area contributed by atoms with E-state index >= 15 is 0 Å². The van der Waals surface area contributed by atoms with E-state index in [0.717, 1.165) is 48.3 Å². The minimum absolute atomic E-state index is 0.0935. The molecule has 2 heterocycles. The van der Waals surface area contributed by atoms with Gasteiger partial charge in [-0.05, 0) is 38.7 Å². The molecule has 0 unspecified atom stereocenters. The Morgan fingerprint density at radius 1 is 1.26 bits per heavy atom. The summed E-state index contributed by atoms with van der Waals surface area (Å²) in [6, 6.07) is 10.1. The van der Waals surface area contributed by atoms with Gasteiger partial charge in [0.2, 0.25) is 5.91 Å². The molecule has 1 saturated carbocycles. The van der Waals surface area contributed by atoms with E-state index < -0.39 is 5.60 Å². The summed E-state index contributed by atoms with van der Waals surface area (Å²) >= 11 is 0. The van der Waals surface area contributed by atoms with E-state index in [0.29, 0.717) is 19.4 Å². The van der Waals surface area contributed by atoms with Crippen molar-refractivity contribution in [3.05, 3.63) is 52.9 Å². The summed E-state index contributed by atoms with van der Waals surface area (Å²) in [5.74, 6) is 0.936. The molecule has 27 heavy (non-hydrogen) atoms. The van der Waals surface area contributed by atoms with Crippen LogP contribution >= 0.6 is 0 Å². The number of likely N-dealkylation sites (tertiary alicyclic amines) is 1. The van der Waals surface area contributed by atoms with Crippen LogP contribution < -0.4 is 0 Å². The van der Waals surface area contributed by atoms with Gasteiger partial charge in [0.1, 0.15) is 5.76 Å². The number of aliphatic hydroxyl groups is 1. The Morgan fingerprint density at radius 3 is 2.70 bits per heavy atom. The van der Waals surface area contributed by atoms with Crippen LogP contribution in [0, 0.1) is 19.8 Å². The summed E-state index contributed by atoms with van der Waals surface area (Å²) in [5.41, 5.74) is 1.83. The van der Waals surface area contributed by atoms with Crippen molar-refractivity contribution in [2.24, 2.45) is 5.92 Å². The van der Waals surface area contributed by atoms with Crippen LogP contribution in [0.3, 0.4) is 0 Å². The molecule has 4 rings (SSSR count). The van der Waals surface area contributed by atoms with Gasteiger partial charge in [-0.15, -0.1) is 0 Å². The molecule has 1 aliphatic heterocycles. The SMILES string of the molecule is Cc1noc(C)c1CC(=O)N1CC[C@@](O)(c2ccccc2)[C@H]2CCCC[C@H]21. The maximum atomic E-state index is 13.1. The largest absolute Gasteiger partial charge is 0.385 e. The summed E-state index contributed by atoms with van der Waals surface area (Å²) in [6.45, 7) is 4.33. The fourth-order valence-corrected chi connectivity index (χ4v) is 5.09. The molecule has 0 radical (unpaired) electrons. The number of carbonyl (C=O) groups is 1. The van der Waals surface area contributed by atoms with Crippen LogP contribution in [-0.4, -0.2) is 33.7 Å². The molecule has 1 amide bonds. The van der Waals surface area contributed by atoms with E-state index in [4.69, 9.17) is 4.52 Å². The van der Waals surface area contributed by atoms with Crippen LogP contribution in [0.1, 0.15) is 54.7 Å². The molecule has 5 heteroatoms. The molecule has 1 aromatic carbocycles. The number of benzene rings is 1. The third-order valence-corrected chi connectivity index (χ3v) is 6.58. The number of rotatable bonds is 3. The highest BCUT2D eigenvalue weighted by Crippen LogP contribution is 2.47. The number of fused-ring (bicyclic) bond motifs is 1. The van der Waals surface area contributed by atoms with E-state index in [1.165, 1.54) is 0 Å². The number of hydrogen-bond acceptors (Lipinski definition) is 4. The number of amides is 1. The number of aryl methyl sites for hydroxylation is 2. The van der Waals surface area contributed by atoms with E-state index in [1.54, 1.807) is 0 Å². The summed E-state index contributed by atoms with van der Waals surface area (Å²) in [5, 5.41) is 15.6. The van der Waals surface area contributed by atoms with E-state index in [9.17, 15) is 9.90 Å². The fraction of sp³-hybridized carbons (Fsp3) is 0.545. The highest BCUT2D eigenvalue weighted by Gasteiger charge is 2.50. The highest BCUT2D eigenvalue weighted by molar-refractivity contribution is 5.79. The van der Waals surface area contributed by atoms with Gasteiger partial charge in [0.25, 0.3) is 0 Å². The molecule has 0 spiro atoms. The molecular weight excluding hydrogens is 340 g/mol. The highest BCUT2D eigenvalue weighted by atomic mass is 16.5. The van der Waals surface area contributed by atoms with Gasteiger partial charge >= 0.3 is 0 Å². The van der Waals surface area contributed by atoms with Crippen molar-refractivity contribution in [3.63, 3.8) is 0 Å². The molecule has 1 saturated heterocycles. The zero-order valence-electron chi connectivity index (χ0n) is 16.1. The van der Waals surface area contributed by atoms with Crippen molar-refractivity contribution in [1.29, 1.82) is 0 Å². The lowest BCUT2D eigenvalue weighted by Crippen LogP contribution is -2.59. The monoisotopic (exact) mass is 368 g/mol. The van der Waals surface area contributed by atoms with E-state index in [2.05, 4.69) is 5.16 Å². The maximum absolute atomic E-state index is 13.1. The van der Waals surface area contributed by atoms with Crippen molar-refractivity contribution in [2.45, 2.75) is 64.0 Å². The van der Waals surface area contributed by atoms with Crippen molar-refractivity contribution >= 4 is 5.91 Å². The summed E-state index contributed by atoms with van der Waals surface area (Å²) in [7, 11) is 0. The van der Waals surface area contributed by atoms with Crippen LogP contribution in [0.25, 0.3) is 0 Å². The molecular formula is C22H28N2O3. The van der Waals surface area contributed by atoms with Crippen LogP contribution in [0.2, 0.25) is 0 Å². The standard InChI is InChI=1S/C22H28N2O3/c1-15-18(16(2)27-23-15)14-21(25)24-13-12-22(26,17-8-4-3-5-9-17)19-10-6-7-11-20(19)24/h3-5,8-9,19-20,26H,6-7,10-14H2,1-2H3/t19-,20+,22+/m0/s1. The molecule has 2 aliphatic rings. The topological polar surface area (TPSA) is 66.6 Å². The van der Waals surface area contributed by atoms with Gasteiger partial charge in [0.05, 0.1) is 17.7 Å². The molecule has 1 aliphatic carbocycles. The van der Waals surface area contributed by atoms with E-state index in [1.807, 2.05) is 49.1 Å². The second-order valence-corrected chi connectivity index (χ2v) is 8.07. The summed E-state index contributed by atoms with van der Waals surface area (Å²) in [6.07, 6.45) is 5.07. The van der Waals surface area contributed by atoms with Crippen LogP contribution in [0.4, 0.5) is 0 Å². The molecule has 1 N–H and O–H groups in total. The average Bonchev–Trinajstić information content (AvgIpc) is 3.01. The first kappa shape index (κ1) is 18.2. The Morgan fingerprint density at radius 2 is 2.00 bits per heavy atom. The number of aromatic nitrogens is 1. The van der Waals surface area contributed by atoms with E-state index in [-0.39, 0.29) is 17.9 Å². The van der Waals surface area contributed by atoms with Crippen molar-refractivity contribution in [2.75, 3.05) is 6.54 Å². The first-order valence-electron chi connectivity index (χ1n) is 10.00. The van der Waals surface area contributed by atoms with Gasteiger partial charge in [-0.25, -0.2) is 0 Å². The van der Waals surface area contributed by atoms with Crippen LogP contribution in [0.5, 0.6) is 0 Å².